The van der Waals surface area contributed by atoms with Crippen LogP contribution in [0, 0.1) is 0 Å². The first kappa shape index (κ1) is 22.1. The lowest BCUT2D eigenvalue weighted by Gasteiger charge is -2.34. The summed E-state index contributed by atoms with van der Waals surface area (Å²) in [5, 5.41) is 0. The molecule has 2 atom stereocenters. The number of rotatable bonds is 11. The lowest BCUT2D eigenvalue weighted by molar-refractivity contribution is -0.154. The van der Waals surface area contributed by atoms with E-state index in [4.69, 9.17) is 9.47 Å². The average Bonchev–Trinajstić information content (AvgIpc) is 2.70. The van der Waals surface area contributed by atoms with Crippen molar-refractivity contribution in [2.24, 2.45) is 0 Å². The van der Waals surface area contributed by atoms with Crippen molar-refractivity contribution in [2.75, 3.05) is 6.61 Å². The van der Waals surface area contributed by atoms with E-state index in [-0.39, 0.29) is 36.3 Å². The van der Waals surface area contributed by atoms with Crippen LogP contribution in [-0.2, 0) is 19.1 Å². The Morgan fingerprint density at radius 2 is 1.93 bits per heavy atom. The molecule has 2 unspecified atom stereocenters. The Kier molecular flexibility index (Phi) is 8.65. The molecule has 1 aromatic rings. The molecular weight excluding hydrogens is 352 g/mol. The number of carbonyl (C=O) groups excluding carboxylic acids is 2. The number of Topliss-reactive ketones (excluding diaryl/α,β-unsaturated/α-hetero) is 1. The molecule has 0 radical (unpaired) electrons. The summed E-state index contributed by atoms with van der Waals surface area (Å²) in [5.41, 5.74) is 2.06. The molecule has 0 aliphatic heterocycles. The predicted molar refractivity (Wildman–Crippen MR) is 112 cm³/mol. The van der Waals surface area contributed by atoms with Crippen molar-refractivity contribution in [2.45, 2.75) is 71.0 Å². The molecule has 1 aliphatic carbocycles. The van der Waals surface area contributed by atoms with Gasteiger partial charge in [0.15, 0.2) is 0 Å². The lowest BCUT2D eigenvalue weighted by atomic mass is 9.85. The summed E-state index contributed by atoms with van der Waals surface area (Å²) in [4.78, 5) is 22.8. The summed E-state index contributed by atoms with van der Waals surface area (Å²) in [7, 11) is 0. The van der Waals surface area contributed by atoms with E-state index < -0.39 is 0 Å². The van der Waals surface area contributed by atoms with E-state index in [1.807, 2.05) is 25.1 Å². The highest BCUT2D eigenvalue weighted by Crippen LogP contribution is 2.33. The Balaban J connectivity index is 1.93. The SMILES string of the molecule is CCCCC1(OCC(C)OC(=O)CCC(C)=O)C=CC(c2ccccc2)=CC1. The predicted octanol–water partition coefficient (Wildman–Crippen LogP) is 5.28. The maximum atomic E-state index is 11.8. The van der Waals surface area contributed by atoms with Gasteiger partial charge in [0.25, 0.3) is 0 Å². The van der Waals surface area contributed by atoms with Crippen LogP contribution in [0.5, 0.6) is 0 Å². The molecule has 0 fully saturated rings. The van der Waals surface area contributed by atoms with Crippen molar-refractivity contribution in [1.82, 2.24) is 0 Å². The average molecular weight is 385 g/mol. The first-order valence-corrected chi connectivity index (χ1v) is 10.2. The van der Waals surface area contributed by atoms with Crippen molar-refractivity contribution in [1.29, 1.82) is 0 Å². The van der Waals surface area contributed by atoms with E-state index in [2.05, 4.69) is 37.3 Å². The molecule has 1 aliphatic rings. The number of esters is 1. The van der Waals surface area contributed by atoms with Gasteiger partial charge in [-0.2, -0.15) is 0 Å². The minimum atomic E-state index is -0.353. The van der Waals surface area contributed by atoms with Gasteiger partial charge in [-0.25, -0.2) is 0 Å². The Hall–Kier alpha value is -2.20. The number of ketones is 1. The fourth-order valence-corrected chi connectivity index (χ4v) is 3.22. The first-order chi connectivity index (χ1) is 13.4. The van der Waals surface area contributed by atoms with Crippen molar-refractivity contribution in [3.63, 3.8) is 0 Å². The van der Waals surface area contributed by atoms with Crippen molar-refractivity contribution in [3.05, 3.63) is 54.1 Å². The maximum Gasteiger partial charge on any atom is 0.306 e. The van der Waals surface area contributed by atoms with Gasteiger partial charge in [0, 0.05) is 6.42 Å². The van der Waals surface area contributed by atoms with Gasteiger partial charge in [-0.05, 0) is 37.8 Å². The third-order valence-electron chi connectivity index (χ3n) is 4.91. The molecule has 0 saturated heterocycles. The Morgan fingerprint density at radius 1 is 1.18 bits per heavy atom. The van der Waals surface area contributed by atoms with Gasteiger partial charge in [-0.15, -0.1) is 0 Å². The van der Waals surface area contributed by atoms with E-state index in [1.54, 1.807) is 0 Å². The van der Waals surface area contributed by atoms with Crippen molar-refractivity contribution < 1.29 is 19.1 Å². The molecule has 1 aromatic carbocycles. The zero-order chi connectivity index (χ0) is 20.4. The number of carbonyl (C=O) groups is 2. The highest BCUT2D eigenvalue weighted by molar-refractivity contribution is 5.81. The molecular formula is C24H32O4. The summed E-state index contributed by atoms with van der Waals surface area (Å²) in [5.74, 6) is -0.355. The minimum Gasteiger partial charge on any atom is -0.460 e. The Bertz CT molecular complexity index is 705. The largest absolute Gasteiger partial charge is 0.460 e. The molecule has 152 valence electrons. The second kappa shape index (κ2) is 11.0. The second-order valence-corrected chi connectivity index (χ2v) is 7.54. The van der Waals surface area contributed by atoms with Gasteiger partial charge in [-0.1, -0.05) is 68.3 Å². The van der Waals surface area contributed by atoms with Gasteiger partial charge < -0.3 is 14.3 Å². The monoisotopic (exact) mass is 384 g/mol. The molecule has 4 heteroatoms. The number of allylic oxidation sites excluding steroid dienone is 2. The molecule has 0 N–H and O–H groups in total. The first-order valence-electron chi connectivity index (χ1n) is 10.2. The summed E-state index contributed by atoms with van der Waals surface area (Å²) >= 11 is 0. The molecule has 2 rings (SSSR count). The normalized spacial score (nSPS) is 19.8. The van der Waals surface area contributed by atoms with E-state index in [1.165, 1.54) is 18.1 Å². The zero-order valence-electron chi connectivity index (χ0n) is 17.3. The lowest BCUT2D eigenvalue weighted by Crippen LogP contribution is -2.35. The zero-order valence-corrected chi connectivity index (χ0v) is 17.3. The smallest absolute Gasteiger partial charge is 0.306 e. The van der Waals surface area contributed by atoms with Crippen LogP contribution in [0.2, 0.25) is 0 Å². The third-order valence-corrected chi connectivity index (χ3v) is 4.91. The molecule has 0 bridgehead atoms. The van der Waals surface area contributed by atoms with Crippen LogP contribution in [-0.4, -0.2) is 30.1 Å². The Morgan fingerprint density at radius 3 is 2.54 bits per heavy atom. The number of hydrogen-bond acceptors (Lipinski definition) is 4. The van der Waals surface area contributed by atoms with Gasteiger partial charge >= 0.3 is 5.97 Å². The van der Waals surface area contributed by atoms with Crippen LogP contribution in [0.3, 0.4) is 0 Å². The van der Waals surface area contributed by atoms with Crippen LogP contribution in [0.4, 0.5) is 0 Å². The van der Waals surface area contributed by atoms with Gasteiger partial charge in [0.05, 0.1) is 18.6 Å². The van der Waals surface area contributed by atoms with E-state index in [0.717, 1.165) is 25.7 Å². The fourth-order valence-electron chi connectivity index (χ4n) is 3.22. The third kappa shape index (κ3) is 7.08. The summed E-state index contributed by atoms with van der Waals surface area (Å²) in [6, 6.07) is 10.3. The number of hydrogen-bond donors (Lipinski definition) is 0. The van der Waals surface area contributed by atoms with Crippen LogP contribution >= 0.6 is 0 Å². The highest BCUT2D eigenvalue weighted by atomic mass is 16.6. The molecule has 0 amide bonds. The standard InChI is InChI=1S/C24H32O4/c1-4-5-15-24(27-18-20(3)28-23(26)12-11-19(2)25)16-13-22(14-17-24)21-9-7-6-8-10-21/h6-10,13-14,16,20H,4-5,11-12,15,17-18H2,1-3H3. The van der Waals surface area contributed by atoms with Crippen molar-refractivity contribution in [3.8, 4) is 0 Å². The molecule has 28 heavy (non-hydrogen) atoms. The molecule has 0 spiro atoms. The number of benzene rings is 1. The molecule has 0 saturated carbocycles. The van der Waals surface area contributed by atoms with E-state index in [9.17, 15) is 9.59 Å². The quantitative estimate of drug-likeness (QED) is 0.487. The summed E-state index contributed by atoms with van der Waals surface area (Å²) in [6.07, 6.45) is 10.5. The minimum absolute atomic E-state index is 0.00674. The number of unbranched alkanes of at least 4 members (excludes halogenated alkanes) is 1. The van der Waals surface area contributed by atoms with Gasteiger partial charge in [0.1, 0.15) is 11.9 Å². The van der Waals surface area contributed by atoms with Crippen LogP contribution in [0.25, 0.3) is 5.57 Å². The molecule has 0 heterocycles. The van der Waals surface area contributed by atoms with Crippen LogP contribution in [0.15, 0.2) is 48.6 Å². The maximum absolute atomic E-state index is 11.8. The van der Waals surface area contributed by atoms with Gasteiger partial charge in [0.2, 0.25) is 0 Å². The molecule has 0 aromatic heterocycles. The second-order valence-electron chi connectivity index (χ2n) is 7.54. The fraction of sp³-hybridized carbons (Fsp3) is 0.500. The van der Waals surface area contributed by atoms with E-state index >= 15 is 0 Å². The summed E-state index contributed by atoms with van der Waals surface area (Å²) in [6.45, 7) is 5.82. The van der Waals surface area contributed by atoms with Gasteiger partial charge in [-0.3, -0.25) is 4.79 Å². The number of ether oxygens (including phenoxy) is 2. The van der Waals surface area contributed by atoms with E-state index in [0.29, 0.717) is 6.61 Å². The highest BCUT2D eigenvalue weighted by Gasteiger charge is 2.30. The van der Waals surface area contributed by atoms with Crippen molar-refractivity contribution >= 4 is 17.3 Å². The topological polar surface area (TPSA) is 52.6 Å². The molecule has 4 nitrogen and oxygen atoms in total. The summed E-state index contributed by atoms with van der Waals surface area (Å²) < 4.78 is 11.6. The Labute approximate surface area is 168 Å². The van der Waals surface area contributed by atoms with Crippen LogP contribution < -0.4 is 0 Å². The van der Waals surface area contributed by atoms with Crippen LogP contribution in [0.1, 0.15) is 64.9 Å².